The highest BCUT2D eigenvalue weighted by atomic mass is 16.7. The van der Waals surface area contributed by atoms with E-state index in [0.29, 0.717) is 19.7 Å². The highest BCUT2D eigenvalue weighted by Gasteiger charge is 2.33. The summed E-state index contributed by atoms with van der Waals surface area (Å²) in [6.07, 6.45) is 0.783. The van der Waals surface area contributed by atoms with Crippen molar-refractivity contribution in [3.8, 4) is 5.75 Å². The Morgan fingerprint density at radius 2 is 1.96 bits per heavy atom. The van der Waals surface area contributed by atoms with Crippen LogP contribution in [0, 0.1) is 0 Å². The SMILES string of the molecule is CC.CC.COc1ccc(CN2CCNC(=O)C2)cc1CC1COC(C)(C)O1. The standard InChI is InChI=1S/C18H26N2O4.2C2H6/c1-18(2)23-12-15(24-18)9-14-8-13(4-5-16(14)22-3)10-20-7-6-19-17(21)11-20;2*1-2/h4-5,8,15H,6-7,9-12H2,1-3H3,(H,19,21);2*1-2H3. The van der Waals surface area contributed by atoms with Crippen LogP contribution >= 0.6 is 0 Å². The Labute approximate surface area is 170 Å². The molecule has 160 valence electrons. The molecule has 0 aliphatic carbocycles. The minimum atomic E-state index is -0.517. The van der Waals surface area contributed by atoms with E-state index in [1.54, 1.807) is 7.11 Å². The van der Waals surface area contributed by atoms with Crippen molar-refractivity contribution in [1.82, 2.24) is 10.2 Å². The van der Waals surface area contributed by atoms with Crippen molar-refractivity contribution >= 4 is 5.91 Å². The lowest BCUT2D eigenvalue weighted by Gasteiger charge is -2.26. The number of carbonyl (C=O) groups excluding carboxylic acids is 1. The highest BCUT2D eigenvalue weighted by molar-refractivity contribution is 5.78. The van der Waals surface area contributed by atoms with Crippen molar-refractivity contribution in [2.24, 2.45) is 0 Å². The zero-order valence-electron chi connectivity index (χ0n) is 18.6. The number of amides is 1. The van der Waals surface area contributed by atoms with Gasteiger partial charge < -0.3 is 19.5 Å². The van der Waals surface area contributed by atoms with Gasteiger partial charge in [0.15, 0.2) is 5.79 Å². The van der Waals surface area contributed by atoms with Gasteiger partial charge in [-0.05, 0) is 31.0 Å². The van der Waals surface area contributed by atoms with Crippen LogP contribution in [0.4, 0.5) is 0 Å². The normalized spacial score (nSPS) is 21.0. The number of nitrogens with zero attached hydrogens (tertiary/aromatic N) is 1. The fraction of sp³-hybridized carbons (Fsp3) is 0.682. The number of carbonyl (C=O) groups is 1. The van der Waals surface area contributed by atoms with Gasteiger partial charge in [0.1, 0.15) is 5.75 Å². The number of methoxy groups -OCH3 is 1. The summed E-state index contributed by atoms with van der Waals surface area (Å²) in [5, 5.41) is 2.85. The third-order valence-corrected chi connectivity index (χ3v) is 4.38. The molecular formula is C22H38N2O4. The number of piperazine rings is 1. The number of rotatable bonds is 5. The van der Waals surface area contributed by atoms with Crippen molar-refractivity contribution in [2.75, 3.05) is 33.4 Å². The molecule has 1 aromatic carbocycles. The molecule has 1 aromatic rings. The summed E-state index contributed by atoms with van der Waals surface area (Å²) < 4.78 is 17.1. The molecule has 2 heterocycles. The molecule has 2 aliphatic rings. The van der Waals surface area contributed by atoms with Gasteiger partial charge in [-0.3, -0.25) is 9.69 Å². The second kappa shape index (κ2) is 12.0. The first-order chi connectivity index (χ1) is 13.4. The van der Waals surface area contributed by atoms with Gasteiger partial charge in [0, 0.05) is 26.1 Å². The lowest BCUT2D eigenvalue weighted by molar-refractivity contribution is -0.138. The molecule has 28 heavy (non-hydrogen) atoms. The molecule has 0 bridgehead atoms. The molecule has 1 atom stereocenters. The number of hydrogen-bond acceptors (Lipinski definition) is 5. The Morgan fingerprint density at radius 3 is 2.54 bits per heavy atom. The molecule has 6 heteroatoms. The molecule has 6 nitrogen and oxygen atoms in total. The summed E-state index contributed by atoms with van der Waals surface area (Å²) in [4.78, 5) is 13.7. The van der Waals surface area contributed by atoms with Gasteiger partial charge in [-0.2, -0.15) is 0 Å². The van der Waals surface area contributed by atoms with Crippen LogP contribution in [0.5, 0.6) is 5.75 Å². The van der Waals surface area contributed by atoms with Gasteiger partial charge in [-0.25, -0.2) is 0 Å². The van der Waals surface area contributed by atoms with E-state index in [-0.39, 0.29) is 12.0 Å². The van der Waals surface area contributed by atoms with Crippen LogP contribution in [-0.4, -0.2) is 56.0 Å². The van der Waals surface area contributed by atoms with Gasteiger partial charge in [-0.15, -0.1) is 0 Å². The monoisotopic (exact) mass is 394 g/mol. The number of ether oxygens (including phenoxy) is 3. The highest BCUT2D eigenvalue weighted by Crippen LogP contribution is 2.28. The van der Waals surface area contributed by atoms with E-state index in [4.69, 9.17) is 14.2 Å². The van der Waals surface area contributed by atoms with Crippen LogP contribution < -0.4 is 10.1 Å². The second-order valence-corrected chi connectivity index (χ2v) is 6.86. The minimum Gasteiger partial charge on any atom is -0.496 e. The van der Waals surface area contributed by atoms with Crippen LogP contribution in [0.25, 0.3) is 0 Å². The first-order valence-corrected chi connectivity index (χ1v) is 10.4. The second-order valence-electron chi connectivity index (χ2n) is 6.86. The molecule has 0 radical (unpaired) electrons. The summed E-state index contributed by atoms with van der Waals surface area (Å²) in [6, 6.07) is 6.21. The lowest BCUT2D eigenvalue weighted by atomic mass is 10.0. The maximum atomic E-state index is 11.5. The summed E-state index contributed by atoms with van der Waals surface area (Å²) in [5.41, 5.74) is 2.29. The smallest absolute Gasteiger partial charge is 0.234 e. The van der Waals surface area contributed by atoms with E-state index in [9.17, 15) is 4.79 Å². The van der Waals surface area contributed by atoms with Crippen molar-refractivity contribution in [2.45, 2.75) is 66.4 Å². The quantitative estimate of drug-likeness (QED) is 0.830. The molecule has 1 unspecified atom stereocenters. The third kappa shape index (κ3) is 7.41. The van der Waals surface area contributed by atoms with Crippen LogP contribution in [0.3, 0.4) is 0 Å². The molecule has 2 aliphatic heterocycles. The molecule has 2 saturated heterocycles. The summed E-state index contributed by atoms with van der Waals surface area (Å²) in [5.74, 6) is 0.439. The molecule has 0 saturated carbocycles. The van der Waals surface area contributed by atoms with E-state index < -0.39 is 5.79 Å². The zero-order valence-corrected chi connectivity index (χ0v) is 18.6. The third-order valence-electron chi connectivity index (χ3n) is 4.38. The first kappa shape index (κ1) is 24.4. The minimum absolute atomic E-state index is 0.0323. The summed E-state index contributed by atoms with van der Waals surface area (Å²) >= 11 is 0. The van der Waals surface area contributed by atoms with Gasteiger partial charge >= 0.3 is 0 Å². The maximum Gasteiger partial charge on any atom is 0.234 e. The Kier molecular flexibility index (Phi) is 10.5. The molecule has 0 spiro atoms. The first-order valence-electron chi connectivity index (χ1n) is 10.4. The van der Waals surface area contributed by atoms with Crippen molar-refractivity contribution in [3.05, 3.63) is 29.3 Å². The van der Waals surface area contributed by atoms with E-state index in [2.05, 4.69) is 22.3 Å². The Balaban J connectivity index is 0.000000921. The van der Waals surface area contributed by atoms with Gasteiger partial charge in [-0.1, -0.05) is 39.8 Å². The van der Waals surface area contributed by atoms with E-state index in [1.165, 1.54) is 5.56 Å². The molecule has 3 rings (SSSR count). The van der Waals surface area contributed by atoms with Crippen molar-refractivity contribution in [1.29, 1.82) is 0 Å². The average molecular weight is 395 g/mol. The predicted octanol–water partition coefficient (Wildman–Crippen LogP) is 3.37. The van der Waals surface area contributed by atoms with Crippen molar-refractivity contribution in [3.63, 3.8) is 0 Å². The van der Waals surface area contributed by atoms with Gasteiger partial charge in [0.05, 0.1) is 26.4 Å². The predicted molar refractivity (Wildman–Crippen MR) is 113 cm³/mol. The largest absolute Gasteiger partial charge is 0.496 e. The number of benzene rings is 1. The van der Waals surface area contributed by atoms with Crippen LogP contribution in [0.15, 0.2) is 18.2 Å². The fourth-order valence-corrected chi connectivity index (χ4v) is 3.28. The fourth-order valence-electron chi connectivity index (χ4n) is 3.28. The van der Waals surface area contributed by atoms with Gasteiger partial charge in [0.2, 0.25) is 5.91 Å². The topological polar surface area (TPSA) is 60.0 Å². The Hall–Kier alpha value is -1.63. The van der Waals surface area contributed by atoms with E-state index >= 15 is 0 Å². The van der Waals surface area contributed by atoms with Gasteiger partial charge in [0.25, 0.3) is 0 Å². The average Bonchev–Trinajstić information content (AvgIpc) is 3.04. The van der Waals surface area contributed by atoms with Crippen LogP contribution in [0.2, 0.25) is 0 Å². The lowest BCUT2D eigenvalue weighted by Crippen LogP contribution is -2.47. The van der Waals surface area contributed by atoms with Crippen LogP contribution in [0.1, 0.15) is 52.7 Å². The van der Waals surface area contributed by atoms with E-state index in [0.717, 1.165) is 30.8 Å². The molecule has 2 fully saturated rings. The molecule has 1 amide bonds. The van der Waals surface area contributed by atoms with Crippen LogP contribution in [-0.2, 0) is 27.2 Å². The van der Waals surface area contributed by atoms with E-state index in [1.807, 2.05) is 47.6 Å². The molecule has 0 aromatic heterocycles. The van der Waals surface area contributed by atoms with Crippen molar-refractivity contribution < 1.29 is 19.0 Å². The Morgan fingerprint density at radius 1 is 1.25 bits per heavy atom. The molecule has 1 N–H and O–H groups in total. The number of hydrogen-bond donors (Lipinski definition) is 1. The summed E-state index contributed by atoms with van der Waals surface area (Å²) in [6.45, 7) is 15.3. The Bertz CT molecular complexity index is 604. The zero-order chi connectivity index (χ0) is 21.2. The summed E-state index contributed by atoms with van der Waals surface area (Å²) in [7, 11) is 1.68. The maximum absolute atomic E-state index is 11.5. The number of nitrogens with one attached hydrogen (secondary N) is 1. The molecular weight excluding hydrogens is 356 g/mol.